The molecule has 3 aromatic heterocycles. The van der Waals surface area contributed by atoms with Crippen molar-refractivity contribution in [3.05, 3.63) is 84.7 Å². The zero-order chi connectivity index (χ0) is 28.8. The van der Waals surface area contributed by atoms with Gasteiger partial charge in [0.25, 0.3) is 0 Å². The predicted octanol–water partition coefficient (Wildman–Crippen LogP) is 5.61. The van der Waals surface area contributed by atoms with Gasteiger partial charge in [0, 0.05) is 37.2 Å². The molecule has 0 aliphatic carbocycles. The van der Waals surface area contributed by atoms with Gasteiger partial charge in [-0.05, 0) is 30.9 Å². The van der Waals surface area contributed by atoms with Gasteiger partial charge in [0.1, 0.15) is 17.1 Å². The molecule has 0 saturated carbocycles. The summed E-state index contributed by atoms with van der Waals surface area (Å²) in [5.74, 6) is 0.518. The van der Waals surface area contributed by atoms with Crippen LogP contribution in [0.2, 0.25) is 0 Å². The van der Waals surface area contributed by atoms with Crippen LogP contribution in [-0.2, 0) is 4.79 Å². The third-order valence-corrected chi connectivity index (χ3v) is 5.90. The molecule has 0 atom stereocenters. The third-order valence-electron chi connectivity index (χ3n) is 5.90. The second-order valence-corrected chi connectivity index (χ2v) is 8.07. The standard InChI is InChI=1S/C14H12N4O2.C14H16N2O.C2H6/c1-8(19)9-5-17-14-12(9)11(20-2)7-18-13(14)10-6-15-3-4-16-10;1-3-5-12(4-2)14(10-15)13-6-8-16(11-17)9-7-13;1-2/h3-7,17H,1-2H3;3-5,11H,1-2,6-9H2;1-2H3/b;12-5+;. The number of nitriles is 1. The number of hydrogen-bond acceptors (Lipinski definition) is 7. The summed E-state index contributed by atoms with van der Waals surface area (Å²) in [6.45, 7) is 14.2. The van der Waals surface area contributed by atoms with E-state index in [-0.39, 0.29) is 5.78 Å². The number of aromatic amines is 1. The molecule has 39 heavy (non-hydrogen) atoms. The number of ether oxygens (including phenoxy) is 1. The van der Waals surface area contributed by atoms with Crippen molar-refractivity contribution >= 4 is 23.1 Å². The number of carbonyl (C=O) groups is 2. The fourth-order valence-electron chi connectivity index (χ4n) is 4.04. The highest BCUT2D eigenvalue weighted by Gasteiger charge is 2.18. The van der Waals surface area contributed by atoms with Crippen LogP contribution in [0.15, 0.2) is 79.1 Å². The zero-order valence-electron chi connectivity index (χ0n) is 22.9. The quantitative estimate of drug-likeness (QED) is 0.183. The minimum absolute atomic E-state index is 0.0363. The number of amides is 1. The number of likely N-dealkylation sites (tertiary alicyclic amines) is 1. The molecule has 9 nitrogen and oxygen atoms in total. The lowest BCUT2D eigenvalue weighted by Gasteiger charge is -2.25. The molecule has 1 aliphatic rings. The molecule has 9 heteroatoms. The van der Waals surface area contributed by atoms with E-state index in [0.29, 0.717) is 41.4 Å². The van der Waals surface area contributed by atoms with Crippen LogP contribution in [0.3, 0.4) is 0 Å². The van der Waals surface area contributed by atoms with E-state index in [2.05, 4.69) is 39.2 Å². The number of methoxy groups -OCH3 is 1. The molecular formula is C30H34N6O3. The summed E-state index contributed by atoms with van der Waals surface area (Å²) < 4.78 is 5.30. The number of H-pyrrole nitrogens is 1. The van der Waals surface area contributed by atoms with Crippen LogP contribution in [-0.4, -0.2) is 57.2 Å². The predicted molar refractivity (Wildman–Crippen MR) is 153 cm³/mol. The Morgan fingerprint density at radius 1 is 1.18 bits per heavy atom. The van der Waals surface area contributed by atoms with Gasteiger partial charge in [-0.2, -0.15) is 5.26 Å². The number of Topliss-reactive ketones (excluding diaryl/α,β-unsaturated/α-hetero) is 1. The average Bonchev–Trinajstić information content (AvgIpc) is 3.45. The lowest BCUT2D eigenvalue weighted by molar-refractivity contribution is -0.118. The van der Waals surface area contributed by atoms with Crippen molar-refractivity contribution in [3.63, 3.8) is 0 Å². The molecule has 3 aromatic rings. The van der Waals surface area contributed by atoms with Gasteiger partial charge in [-0.1, -0.05) is 45.2 Å². The molecule has 1 fully saturated rings. The van der Waals surface area contributed by atoms with Crippen LogP contribution in [0.1, 0.15) is 44.0 Å². The minimum Gasteiger partial charge on any atom is -0.494 e. The van der Waals surface area contributed by atoms with Gasteiger partial charge in [-0.15, -0.1) is 0 Å². The first-order chi connectivity index (χ1) is 19.0. The van der Waals surface area contributed by atoms with Gasteiger partial charge < -0.3 is 14.6 Å². The van der Waals surface area contributed by atoms with Gasteiger partial charge in [0.15, 0.2) is 5.78 Å². The van der Waals surface area contributed by atoms with Crippen LogP contribution in [0, 0.1) is 11.3 Å². The van der Waals surface area contributed by atoms with Crippen molar-refractivity contribution in [1.29, 1.82) is 5.26 Å². The van der Waals surface area contributed by atoms with Crippen molar-refractivity contribution in [2.24, 2.45) is 0 Å². The highest BCUT2D eigenvalue weighted by Crippen LogP contribution is 2.33. The maximum Gasteiger partial charge on any atom is 0.209 e. The monoisotopic (exact) mass is 526 g/mol. The molecular weight excluding hydrogens is 492 g/mol. The highest BCUT2D eigenvalue weighted by molar-refractivity contribution is 6.11. The van der Waals surface area contributed by atoms with Gasteiger partial charge in [0.05, 0.1) is 42.0 Å². The number of carbonyl (C=O) groups excluding carboxylic acids is 2. The molecule has 0 unspecified atom stereocenters. The number of rotatable bonds is 7. The molecule has 202 valence electrons. The van der Waals surface area contributed by atoms with Crippen molar-refractivity contribution < 1.29 is 14.3 Å². The van der Waals surface area contributed by atoms with Crippen LogP contribution < -0.4 is 4.74 Å². The number of piperidine rings is 1. The van der Waals surface area contributed by atoms with Crippen LogP contribution in [0.4, 0.5) is 0 Å². The summed E-state index contributed by atoms with van der Waals surface area (Å²) in [5, 5.41) is 9.93. The maximum absolute atomic E-state index is 11.7. The Morgan fingerprint density at radius 2 is 1.90 bits per heavy atom. The fraction of sp³-hybridized carbons (Fsp3) is 0.267. The molecule has 4 heterocycles. The van der Waals surface area contributed by atoms with E-state index in [1.807, 2.05) is 13.8 Å². The molecule has 4 rings (SSSR count). The lowest BCUT2D eigenvalue weighted by Crippen LogP contribution is -2.29. The van der Waals surface area contributed by atoms with Gasteiger partial charge >= 0.3 is 0 Å². The molecule has 1 amide bonds. The van der Waals surface area contributed by atoms with E-state index in [1.165, 1.54) is 6.92 Å². The van der Waals surface area contributed by atoms with E-state index in [4.69, 9.17) is 4.74 Å². The smallest absolute Gasteiger partial charge is 0.209 e. The van der Waals surface area contributed by atoms with Crippen molar-refractivity contribution in [1.82, 2.24) is 24.8 Å². The Labute approximate surface area is 229 Å². The Kier molecular flexibility index (Phi) is 12.0. The van der Waals surface area contributed by atoms with E-state index in [9.17, 15) is 14.9 Å². The number of ketones is 1. The number of nitrogens with one attached hydrogen (secondary N) is 1. The van der Waals surface area contributed by atoms with Crippen molar-refractivity contribution in [2.45, 2.75) is 33.6 Å². The summed E-state index contributed by atoms with van der Waals surface area (Å²) in [7, 11) is 1.55. The Bertz CT molecular complexity index is 1400. The number of nitrogens with zero attached hydrogens (tertiary/aromatic N) is 5. The van der Waals surface area contributed by atoms with Gasteiger partial charge in [-0.25, -0.2) is 4.98 Å². The summed E-state index contributed by atoms with van der Waals surface area (Å²) in [5.41, 5.74) is 5.14. The van der Waals surface area contributed by atoms with Crippen LogP contribution in [0.5, 0.6) is 5.75 Å². The van der Waals surface area contributed by atoms with E-state index in [0.717, 1.165) is 41.3 Å². The zero-order valence-corrected chi connectivity index (χ0v) is 22.9. The number of fused-ring (bicyclic) bond motifs is 1. The van der Waals surface area contributed by atoms with E-state index < -0.39 is 0 Å². The Morgan fingerprint density at radius 3 is 2.41 bits per heavy atom. The molecule has 0 spiro atoms. The maximum atomic E-state index is 11.7. The Balaban J connectivity index is 0.000000261. The van der Waals surface area contributed by atoms with Gasteiger partial charge in [-0.3, -0.25) is 19.6 Å². The lowest BCUT2D eigenvalue weighted by atomic mass is 9.93. The first-order valence-corrected chi connectivity index (χ1v) is 12.6. The first-order valence-electron chi connectivity index (χ1n) is 12.6. The number of pyridine rings is 1. The van der Waals surface area contributed by atoms with E-state index >= 15 is 0 Å². The van der Waals surface area contributed by atoms with Crippen molar-refractivity contribution in [2.75, 3.05) is 20.2 Å². The number of aromatic nitrogens is 4. The Hall–Kier alpha value is -4.84. The summed E-state index contributed by atoms with van der Waals surface area (Å²) in [6, 6.07) is 2.23. The van der Waals surface area contributed by atoms with Crippen molar-refractivity contribution in [3.8, 4) is 23.2 Å². The van der Waals surface area contributed by atoms with Crippen LogP contribution in [0.25, 0.3) is 22.3 Å². The normalized spacial score (nSPS) is 12.6. The van der Waals surface area contributed by atoms with Gasteiger partial charge in [0.2, 0.25) is 6.41 Å². The minimum atomic E-state index is -0.0363. The SMILES string of the molecule is C=C/C=C(\C=C)C(C#N)=C1CCN(C=O)CC1.CC.COc1cnc(-c2cnccn2)c2[nH]cc(C(C)=O)c12. The third kappa shape index (κ3) is 7.36. The molecule has 0 bridgehead atoms. The summed E-state index contributed by atoms with van der Waals surface area (Å²) in [4.78, 5) is 39.7. The number of hydrogen-bond donors (Lipinski definition) is 1. The summed E-state index contributed by atoms with van der Waals surface area (Å²) in [6.07, 6.45) is 15.5. The molecule has 1 saturated heterocycles. The largest absolute Gasteiger partial charge is 0.494 e. The highest BCUT2D eigenvalue weighted by atomic mass is 16.5. The summed E-state index contributed by atoms with van der Waals surface area (Å²) >= 11 is 0. The van der Waals surface area contributed by atoms with E-state index in [1.54, 1.807) is 61.2 Å². The first kappa shape index (κ1) is 30.4. The average molecular weight is 527 g/mol. The number of allylic oxidation sites excluding steroid dienone is 5. The second kappa shape index (κ2) is 15.4. The molecule has 1 aliphatic heterocycles. The van der Waals surface area contributed by atoms with Crippen LogP contribution >= 0.6 is 0 Å². The topological polar surface area (TPSA) is 125 Å². The molecule has 1 N–H and O–H groups in total. The molecule has 0 radical (unpaired) electrons. The second-order valence-electron chi connectivity index (χ2n) is 8.07. The molecule has 0 aromatic carbocycles. The fourth-order valence-corrected chi connectivity index (χ4v) is 4.04.